The van der Waals surface area contributed by atoms with Gasteiger partial charge in [-0.05, 0) is 67.5 Å². The average molecular weight is 352 g/mol. The SMILES string of the molecule is CCCCC(CC)C1CCc2cc(C(=O)Nc3ccncc3)ccc2O1. The quantitative estimate of drug-likeness (QED) is 0.741. The van der Waals surface area contributed by atoms with E-state index >= 15 is 0 Å². The first-order valence-electron chi connectivity index (χ1n) is 9.72. The number of nitrogens with one attached hydrogen (secondary N) is 1. The van der Waals surface area contributed by atoms with Gasteiger partial charge in [-0.3, -0.25) is 9.78 Å². The Bertz CT molecular complexity index is 730. The van der Waals surface area contributed by atoms with Gasteiger partial charge in [-0.25, -0.2) is 0 Å². The molecule has 2 heterocycles. The predicted molar refractivity (Wildman–Crippen MR) is 105 cm³/mol. The van der Waals surface area contributed by atoms with Gasteiger partial charge in [0.25, 0.3) is 5.91 Å². The van der Waals surface area contributed by atoms with E-state index in [0.29, 0.717) is 17.6 Å². The van der Waals surface area contributed by atoms with Crippen LogP contribution in [0.3, 0.4) is 0 Å². The molecule has 0 aliphatic carbocycles. The molecular formula is C22H28N2O2. The number of unbranched alkanes of at least 4 members (excludes halogenated alkanes) is 1. The molecule has 0 saturated heterocycles. The van der Waals surface area contributed by atoms with Gasteiger partial charge in [0, 0.05) is 23.6 Å². The minimum absolute atomic E-state index is 0.101. The Kier molecular flexibility index (Phi) is 6.26. The fraction of sp³-hybridized carbons (Fsp3) is 0.455. The van der Waals surface area contributed by atoms with Gasteiger partial charge in [-0.15, -0.1) is 0 Å². The molecule has 26 heavy (non-hydrogen) atoms. The number of amides is 1. The summed E-state index contributed by atoms with van der Waals surface area (Å²) in [5.74, 6) is 1.46. The van der Waals surface area contributed by atoms with E-state index in [1.54, 1.807) is 24.5 Å². The van der Waals surface area contributed by atoms with Crippen LogP contribution >= 0.6 is 0 Å². The highest BCUT2D eigenvalue weighted by molar-refractivity contribution is 6.04. The minimum atomic E-state index is -0.101. The largest absolute Gasteiger partial charge is 0.490 e. The van der Waals surface area contributed by atoms with Crippen LogP contribution in [0.1, 0.15) is 61.9 Å². The lowest BCUT2D eigenvalue weighted by atomic mass is 9.87. The Morgan fingerprint density at radius 1 is 1.27 bits per heavy atom. The highest BCUT2D eigenvalue weighted by Gasteiger charge is 2.26. The van der Waals surface area contributed by atoms with Crippen molar-refractivity contribution >= 4 is 11.6 Å². The van der Waals surface area contributed by atoms with Gasteiger partial charge in [0.15, 0.2) is 0 Å². The van der Waals surface area contributed by atoms with Crippen LogP contribution < -0.4 is 10.1 Å². The maximum absolute atomic E-state index is 12.5. The van der Waals surface area contributed by atoms with Crippen molar-refractivity contribution in [2.75, 3.05) is 5.32 Å². The van der Waals surface area contributed by atoms with Crippen molar-refractivity contribution < 1.29 is 9.53 Å². The molecule has 1 aliphatic rings. The van der Waals surface area contributed by atoms with Crippen molar-refractivity contribution in [2.45, 2.75) is 58.5 Å². The molecule has 1 aromatic heterocycles. The number of fused-ring (bicyclic) bond motifs is 1. The molecule has 1 aromatic carbocycles. The first-order chi connectivity index (χ1) is 12.7. The number of benzene rings is 1. The molecule has 0 radical (unpaired) electrons. The Morgan fingerprint density at radius 2 is 2.08 bits per heavy atom. The van der Waals surface area contributed by atoms with E-state index in [-0.39, 0.29) is 5.91 Å². The minimum Gasteiger partial charge on any atom is -0.490 e. The molecule has 0 fully saturated rings. The lowest BCUT2D eigenvalue weighted by Crippen LogP contribution is -2.31. The number of aromatic nitrogens is 1. The number of nitrogens with zero attached hydrogens (tertiary/aromatic N) is 1. The second kappa shape index (κ2) is 8.84. The summed E-state index contributed by atoms with van der Waals surface area (Å²) in [5.41, 5.74) is 2.55. The molecule has 2 atom stereocenters. The third kappa shape index (κ3) is 4.43. The molecule has 2 aromatic rings. The maximum atomic E-state index is 12.5. The van der Waals surface area contributed by atoms with Gasteiger partial charge in [-0.1, -0.05) is 26.7 Å². The van der Waals surface area contributed by atoms with E-state index in [2.05, 4.69) is 24.1 Å². The van der Waals surface area contributed by atoms with Gasteiger partial charge in [-0.2, -0.15) is 0 Å². The Balaban J connectivity index is 1.67. The third-order valence-corrected chi connectivity index (χ3v) is 5.22. The number of carbonyl (C=O) groups excluding carboxylic acids is 1. The summed E-state index contributed by atoms with van der Waals surface area (Å²) in [6, 6.07) is 9.34. The van der Waals surface area contributed by atoms with Gasteiger partial charge in [0.1, 0.15) is 11.9 Å². The second-order valence-electron chi connectivity index (χ2n) is 7.02. The standard InChI is InChI=1S/C22H28N2O2/c1-3-5-6-16(4-2)20-9-7-17-15-18(8-10-21(17)26-20)22(25)24-19-11-13-23-14-12-19/h8,10-16,20H,3-7,9H2,1-2H3,(H,23,24,25). The molecule has 3 rings (SSSR count). The summed E-state index contributed by atoms with van der Waals surface area (Å²) >= 11 is 0. The summed E-state index contributed by atoms with van der Waals surface area (Å²) in [6.07, 6.45) is 10.5. The normalized spacial score (nSPS) is 17.1. The number of ether oxygens (including phenoxy) is 1. The number of anilines is 1. The number of carbonyl (C=O) groups is 1. The first-order valence-corrected chi connectivity index (χ1v) is 9.72. The predicted octanol–water partition coefficient (Wildman–Crippen LogP) is 5.24. The molecule has 4 nitrogen and oxygen atoms in total. The summed E-state index contributed by atoms with van der Waals surface area (Å²) in [7, 11) is 0. The molecule has 4 heteroatoms. The molecule has 1 amide bonds. The third-order valence-electron chi connectivity index (χ3n) is 5.22. The van der Waals surface area contributed by atoms with Crippen molar-refractivity contribution in [3.63, 3.8) is 0 Å². The smallest absolute Gasteiger partial charge is 0.255 e. The van der Waals surface area contributed by atoms with E-state index < -0.39 is 0 Å². The van der Waals surface area contributed by atoms with Crippen LogP contribution in [-0.4, -0.2) is 17.0 Å². The zero-order chi connectivity index (χ0) is 18.4. The van der Waals surface area contributed by atoms with Crippen LogP contribution in [0.25, 0.3) is 0 Å². The molecule has 0 spiro atoms. The van der Waals surface area contributed by atoms with E-state index in [9.17, 15) is 4.79 Å². The topological polar surface area (TPSA) is 51.2 Å². The molecule has 0 bridgehead atoms. The summed E-state index contributed by atoms with van der Waals surface area (Å²) < 4.78 is 6.30. The van der Waals surface area contributed by atoms with Crippen LogP contribution in [0.4, 0.5) is 5.69 Å². The van der Waals surface area contributed by atoms with Crippen LogP contribution in [0.15, 0.2) is 42.7 Å². The molecular weight excluding hydrogens is 324 g/mol. The second-order valence-corrected chi connectivity index (χ2v) is 7.02. The molecule has 1 aliphatic heterocycles. The first kappa shape index (κ1) is 18.4. The van der Waals surface area contributed by atoms with Crippen molar-refractivity contribution in [1.29, 1.82) is 0 Å². The van der Waals surface area contributed by atoms with E-state index in [4.69, 9.17) is 4.74 Å². The van der Waals surface area contributed by atoms with Crippen LogP contribution in [-0.2, 0) is 6.42 Å². The van der Waals surface area contributed by atoms with Gasteiger partial charge >= 0.3 is 0 Å². The van der Waals surface area contributed by atoms with E-state index in [1.807, 2.05) is 18.2 Å². The molecule has 1 N–H and O–H groups in total. The van der Waals surface area contributed by atoms with Crippen LogP contribution in [0.5, 0.6) is 5.75 Å². The number of pyridine rings is 1. The summed E-state index contributed by atoms with van der Waals surface area (Å²) in [5, 5.41) is 2.90. The van der Waals surface area contributed by atoms with Crippen LogP contribution in [0, 0.1) is 5.92 Å². The maximum Gasteiger partial charge on any atom is 0.255 e. The lowest BCUT2D eigenvalue weighted by molar-refractivity contribution is 0.100. The molecule has 0 saturated carbocycles. The lowest BCUT2D eigenvalue weighted by Gasteiger charge is -2.32. The Labute approximate surface area is 156 Å². The zero-order valence-electron chi connectivity index (χ0n) is 15.7. The van der Waals surface area contributed by atoms with Gasteiger partial charge in [0.05, 0.1) is 0 Å². The Hall–Kier alpha value is -2.36. The van der Waals surface area contributed by atoms with Crippen molar-refractivity contribution in [3.05, 3.63) is 53.9 Å². The van der Waals surface area contributed by atoms with E-state index in [1.165, 1.54) is 19.3 Å². The highest BCUT2D eigenvalue weighted by Crippen LogP contribution is 2.33. The van der Waals surface area contributed by atoms with E-state index in [0.717, 1.165) is 36.3 Å². The highest BCUT2D eigenvalue weighted by atomic mass is 16.5. The fourth-order valence-corrected chi connectivity index (χ4v) is 3.64. The van der Waals surface area contributed by atoms with Crippen molar-refractivity contribution in [3.8, 4) is 5.75 Å². The zero-order valence-corrected chi connectivity index (χ0v) is 15.7. The number of rotatable bonds is 7. The van der Waals surface area contributed by atoms with Gasteiger partial charge in [0.2, 0.25) is 0 Å². The molecule has 2 unspecified atom stereocenters. The van der Waals surface area contributed by atoms with Crippen LogP contribution in [0.2, 0.25) is 0 Å². The molecule has 138 valence electrons. The number of hydrogen-bond acceptors (Lipinski definition) is 3. The van der Waals surface area contributed by atoms with Crippen molar-refractivity contribution in [1.82, 2.24) is 4.98 Å². The summed E-state index contributed by atoms with van der Waals surface area (Å²) in [6.45, 7) is 4.49. The fourth-order valence-electron chi connectivity index (χ4n) is 3.64. The number of aryl methyl sites for hydroxylation is 1. The Morgan fingerprint density at radius 3 is 2.81 bits per heavy atom. The van der Waals surface area contributed by atoms with Gasteiger partial charge < -0.3 is 10.1 Å². The number of hydrogen-bond donors (Lipinski definition) is 1. The average Bonchev–Trinajstić information content (AvgIpc) is 2.69. The summed E-state index contributed by atoms with van der Waals surface area (Å²) in [4.78, 5) is 16.4. The monoisotopic (exact) mass is 352 g/mol. The van der Waals surface area contributed by atoms with Crippen molar-refractivity contribution in [2.24, 2.45) is 5.92 Å².